The highest BCUT2D eigenvalue weighted by Gasteiger charge is 2.04. The number of nitrogens with one attached hydrogen (secondary N) is 1. The molecule has 4 aromatic rings. The van der Waals surface area contributed by atoms with Crippen molar-refractivity contribution < 1.29 is 4.74 Å². The third-order valence-corrected chi connectivity index (χ3v) is 3.99. The molecule has 0 amide bonds. The molecular formula is C18H14ClN5O. The highest BCUT2D eigenvalue weighted by atomic mass is 35.5. The monoisotopic (exact) mass is 351 g/mol. The van der Waals surface area contributed by atoms with Crippen molar-refractivity contribution in [3.8, 4) is 5.75 Å². The Bertz CT molecular complexity index is 1000. The summed E-state index contributed by atoms with van der Waals surface area (Å²) in [5.74, 6) is 1.50. The van der Waals surface area contributed by atoms with Gasteiger partial charge in [0.2, 0.25) is 0 Å². The lowest BCUT2D eigenvalue weighted by molar-refractivity contribution is 0.301. The van der Waals surface area contributed by atoms with E-state index < -0.39 is 0 Å². The van der Waals surface area contributed by atoms with Gasteiger partial charge in [-0.15, -0.1) is 5.10 Å². The Balaban J connectivity index is 1.46. The van der Waals surface area contributed by atoms with Crippen molar-refractivity contribution in [2.45, 2.75) is 13.0 Å². The minimum Gasteiger partial charge on any atom is -0.487 e. The van der Waals surface area contributed by atoms with Crippen LogP contribution in [0.5, 0.6) is 5.75 Å². The van der Waals surface area contributed by atoms with Crippen LogP contribution in [0.1, 0.15) is 17.1 Å². The molecule has 0 unspecified atom stereocenters. The number of aromatic nitrogens is 5. The van der Waals surface area contributed by atoms with Crippen molar-refractivity contribution in [2.75, 3.05) is 0 Å². The Labute approximate surface area is 148 Å². The molecule has 0 fully saturated rings. The van der Waals surface area contributed by atoms with Crippen LogP contribution in [0.15, 0.2) is 54.6 Å². The van der Waals surface area contributed by atoms with Gasteiger partial charge >= 0.3 is 0 Å². The predicted octanol–water partition coefficient (Wildman–Crippen LogP) is 3.57. The zero-order chi connectivity index (χ0) is 17.1. The summed E-state index contributed by atoms with van der Waals surface area (Å²) in [6.45, 7) is 0.395. The normalized spacial score (nSPS) is 10.9. The number of pyridine rings is 1. The maximum absolute atomic E-state index is 6.00. The van der Waals surface area contributed by atoms with E-state index in [1.54, 1.807) is 0 Å². The van der Waals surface area contributed by atoms with E-state index in [0.717, 1.165) is 27.9 Å². The standard InChI is InChI=1S/C18H14ClN5O/c19-14-5-7-17-13(10-14)4-6-15(20-17)11-25-16-3-1-2-12(8-16)9-18-21-23-24-22-18/h1-8,10H,9,11H2,(H,21,22,23,24). The summed E-state index contributed by atoms with van der Waals surface area (Å²) in [4.78, 5) is 4.60. The number of fused-ring (bicyclic) bond motifs is 1. The van der Waals surface area contributed by atoms with Crippen LogP contribution < -0.4 is 4.74 Å². The van der Waals surface area contributed by atoms with Crippen LogP contribution in [0.25, 0.3) is 10.9 Å². The predicted molar refractivity (Wildman–Crippen MR) is 94.5 cm³/mol. The fourth-order valence-electron chi connectivity index (χ4n) is 2.57. The van der Waals surface area contributed by atoms with Gasteiger partial charge in [-0.2, -0.15) is 0 Å². The van der Waals surface area contributed by atoms with Crippen molar-refractivity contribution in [2.24, 2.45) is 0 Å². The molecule has 0 aliphatic carbocycles. The topological polar surface area (TPSA) is 76.6 Å². The van der Waals surface area contributed by atoms with Crippen LogP contribution in [-0.2, 0) is 13.0 Å². The van der Waals surface area contributed by atoms with E-state index >= 15 is 0 Å². The molecule has 7 heteroatoms. The first kappa shape index (κ1) is 15.5. The molecule has 0 radical (unpaired) electrons. The average Bonchev–Trinajstić information content (AvgIpc) is 3.13. The molecule has 0 spiro atoms. The van der Waals surface area contributed by atoms with Crippen molar-refractivity contribution in [1.29, 1.82) is 0 Å². The van der Waals surface area contributed by atoms with Crippen molar-refractivity contribution in [3.05, 3.63) is 76.7 Å². The zero-order valence-corrected chi connectivity index (χ0v) is 13.9. The molecule has 0 aliphatic heterocycles. The van der Waals surface area contributed by atoms with E-state index in [9.17, 15) is 0 Å². The second kappa shape index (κ2) is 6.86. The molecule has 1 N–H and O–H groups in total. The summed E-state index contributed by atoms with van der Waals surface area (Å²) in [6.07, 6.45) is 0.624. The fraction of sp³-hybridized carbons (Fsp3) is 0.111. The third kappa shape index (κ3) is 3.75. The lowest BCUT2D eigenvalue weighted by Crippen LogP contribution is -1.99. The lowest BCUT2D eigenvalue weighted by atomic mass is 10.1. The van der Waals surface area contributed by atoms with E-state index in [-0.39, 0.29) is 0 Å². The molecular weight excluding hydrogens is 338 g/mol. The van der Waals surface area contributed by atoms with Crippen molar-refractivity contribution in [3.63, 3.8) is 0 Å². The van der Waals surface area contributed by atoms with Crippen LogP contribution in [0, 0.1) is 0 Å². The number of aromatic amines is 1. The second-order valence-corrected chi connectivity index (χ2v) is 6.04. The summed E-state index contributed by atoms with van der Waals surface area (Å²) >= 11 is 6.00. The molecule has 124 valence electrons. The Morgan fingerprint density at radius 2 is 2.00 bits per heavy atom. The van der Waals surface area contributed by atoms with Crippen LogP contribution in [-0.4, -0.2) is 25.6 Å². The van der Waals surface area contributed by atoms with Gasteiger partial charge in [-0.1, -0.05) is 29.8 Å². The van der Waals surface area contributed by atoms with E-state index in [4.69, 9.17) is 16.3 Å². The first-order chi connectivity index (χ1) is 12.3. The highest BCUT2D eigenvalue weighted by molar-refractivity contribution is 6.31. The van der Waals surface area contributed by atoms with Gasteiger partial charge in [-0.05, 0) is 52.4 Å². The average molecular weight is 352 g/mol. The van der Waals surface area contributed by atoms with Gasteiger partial charge in [-0.25, -0.2) is 10.1 Å². The molecule has 0 atom stereocenters. The molecule has 25 heavy (non-hydrogen) atoms. The third-order valence-electron chi connectivity index (χ3n) is 3.75. The van der Waals surface area contributed by atoms with E-state index in [1.807, 2.05) is 54.6 Å². The molecule has 6 nitrogen and oxygen atoms in total. The molecule has 0 aliphatic rings. The van der Waals surface area contributed by atoms with Crippen LogP contribution >= 0.6 is 11.6 Å². The summed E-state index contributed by atoms with van der Waals surface area (Å²) in [5.41, 5.74) is 2.83. The maximum atomic E-state index is 6.00. The number of hydrogen-bond acceptors (Lipinski definition) is 5. The number of halogens is 1. The van der Waals surface area contributed by atoms with Crippen LogP contribution in [0.4, 0.5) is 0 Å². The minimum absolute atomic E-state index is 0.395. The minimum atomic E-state index is 0.395. The largest absolute Gasteiger partial charge is 0.487 e. The van der Waals surface area contributed by atoms with Gasteiger partial charge in [0.15, 0.2) is 5.82 Å². The van der Waals surface area contributed by atoms with Crippen molar-refractivity contribution >= 4 is 22.5 Å². The first-order valence-corrected chi connectivity index (χ1v) is 8.13. The Kier molecular flexibility index (Phi) is 4.26. The van der Waals surface area contributed by atoms with Crippen molar-refractivity contribution in [1.82, 2.24) is 25.6 Å². The van der Waals surface area contributed by atoms with Gasteiger partial charge in [0.05, 0.1) is 11.2 Å². The van der Waals surface area contributed by atoms with Gasteiger partial charge in [0, 0.05) is 16.8 Å². The molecule has 2 aromatic carbocycles. The number of tetrazole rings is 1. The quantitative estimate of drug-likeness (QED) is 0.594. The fourth-order valence-corrected chi connectivity index (χ4v) is 2.75. The summed E-state index contributed by atoms with van der Waals surface area (Å²) in [5, 5.41) is 15.5. The molecule has 0 saturated carbocycles. The lowest BCUT2D eigenvalue weighted by Gasteiger charge is -2.08. The van der Waals surface area contributed by atoms with Crippen LogP contribution in [0.3, 0.4) is 0 Å². The Hall–Kier alpha value is -2.99. The van der Waals surface area contributed by atoms with Gasteiger partial charge < -0.3 is 4.74 Å². The SMILES string of the molecule is Clc1ccc2nc(COc3cccc(Cc4nnn[nH]4)c3)ccc2c1. The highest BCUT2D eigenvalue weighted by Crippen LogP contribution is 2.20. The van der Waals surface area contributed by atoms with Crippen LogP contribution in [0.2, 0.25) is 5.02 Å². The van der Waals surface area contributed by atoms with Gasteiger partial charge in [0.25, 0.3) is 0 Å². The second-order valence-electron chi connectivity index (χ2n) is 5.60. The molecule has 0 saturated heterocycles. The Morgan fingerprint density at radius 3 is 2.88 bits per heavy atom. The van der Waals surface area contributed by atoms with E-state index in [2.05, 4.69) is 25.6 Å². The molecule has 4 rings (SSSR count). The first-order valence-electron chi connectivity index (χ1n) is 7.76. The van der Waals surface area contributed by atoms with E-state index in [0.29, 0.717) is 23.9 Å². The number of nitrogens with zero attached hydrogens (tertiary/aromatic N) is 4. The molecule has 0 bridgehead atoms. The van der Waals surface area contributed by atoms with Gasteiger partial charge in [0.1, 0.15) is 12.4 Å². The summed E-state index contributed by atoms with van der Waals surface area (Å²) in [7, 11) is 0. The zero-order valence-electron chi connectivity index (χ0n) is 13.2. The number of benzene rings is 2. The number of ether oxygens (including phenoxy) is 1. The maximum Gasteiger partial charge on any atom is 0.152 e. The molecule has 2 heterocycles. The molecule has 2 aromatic heterocycles. The summed E-state index contributed by atoms with van der Waals surface area (Å²) in [6, 6.07) is 17.4. The van der Waals surface area contributed by atoms with Gasteiger partial charge in [-0.3, -0.25) is 0 Å². The Morgan fingerprint density at radius 1 is 1.04 bits per heavy atom. The smallest absolute Gasteiger partial charge is 0.152 e. The van der Waals surface area contributed by atoms with E-state index in [1.165, 1.54) is 0 Å². The number of hydrogen-bond donors (Lipinski definition) is 1. The number of rotatable bonds is 5. The number of H-pyrrole nitrogens is 1. The summed E-state index contributed by atoms with van der Waals surface area (Å²) < 4.78 is 5.87.